The van der Waals surface area contributed by atoms with E-state index in [2.05, 4.69) is 5.32 Å². The molecule has 2 aliphatic rings. The summed E-state index contributed by atoms with van der Waals surface area (Å²) in [5.74, 6) is 2.04. The standard InChI is InChI=1S/C18H24N2O3S/c1-3-23-16-11-14(16)17(21)19-15-5-4-13(10-12(15)2)18(22)20-6-8-24-9-7-20/h4-5,10,14,16H,3,6-9,11H2,1-2H3,(H,19,21)/t14-,16-/m1/s1. The molecule has 1 N–H and O–H groups in total. The number of hydrogen-bond donors (Lipinski definition) is 1. The lowest BCUT2D eigenvalue weighted by Crippen LogP contribution is -2.37. The Hall–Kier alpha value is -1.53. The van der Waals surface area contributed by atoms with Crippen LogP contribution in [0.3, 0.4) is 0 Å². The third-order valence-electron chi connectivity index (χ3n) is 4.48. The monoisotopic (exact) mass is 348 g/mol. The summed E-state index contributed by atoms with van der Waals surface area (Å²) in [5.41, 5.74) is 2.37. The second-order valence-electron chi connectivity index (χ2n) is 6.26. The van der Waals surface area contributed by atoms with Crippen molar-refractivity contribution in [3.63, 3.8) is 0 Å². The molecular formula is C18H24N2O3S. The lowest BCUT2D eigenvalue weighted by molar-refractivity contribution is -0.118. The lowest BCUT2D eigenvalue weighted by atomic mass is 10.1. The van der Waals surface area contributed by atoms with Gasteiger partial charge in [0, 0.05) is 42.5 Å². The van der Waals surface area contributed by atoms with Crippen molar-refractivity contribution in [3.05, 3.63) is 29.3 Å². The molecule has 2 fully saturated rings. The number of aryl methyl sites for hydroxylation is 1. The fourth-order valence-electron chi connectivity index (χ4n) is 2.96. The average molecular weight is 348 g/mol. The first-order valence-electron chi connectivity index (χ1n) is 8.50. The molecule has 1 saturated heterocycles. The van der Waals surface area contributed by atoms with Gasteiger partial charge in [0.15, 0.2) is 0 Å². The topological polar surface area (TPSA) is 58.6 Å². The molecule has 0 bridgehead atoms. The quantitative estimate of drug-likeness (QED) is 0.888. The number of hydrogen-bond acceptors (Lipinski definition) is 4. The van der Waals surface area contributed by atoms with E-state index in [1.807, 2.05) is 42.6 Å². The summed E-state index contributed by atoms with van der Waals surface area (Å²) in [4.78, 5) is 26.6. The smallest absolute Gasteiger partial charge is 0.253 e. The van der Waals surface area contributed by atoms with Crippen LogP contribution in [-0.2, 0) is 9.53 Å². The molecule has 24 heavy (non-hydrogen) atoms. The highest BCUT2D eigenvalue weighted by molar-refractivity contribution is 7.99. The number of ether oxygens (including phenoxy) is 1. The third kappa shape index (κ3) is 3.92. The van der Waals surface area contributed by atoms with E-state index in [0.717, 1.165) is 42.3 Å². The Morgan fingerprint density at radius 2 is 2.08 bits per heavy atom. The SMILES string of the molecule is CCO[C@@H]1C[C@H]1C(=O)Nc1ccc(C(=O)N2CCSCC2)cc1C. The Bertz CT molecular complexity index is 629. The molecule has 0 spiro atoms. The number of anilines is 1. The van der Waals surface area contributed by atoms with Crippen LogP contribution in [0.1, 0.15) is 29.3 Å². The van der Waals surface area contributed by atoms with Gasteiger partial charge in [0.2, 0.25) is 5.91 Å². The summed E-state index contributed by atoms with van der Waals surface area (Å²) in [6.07, 6.45) is 0.857. The zero-order chi connectivity index (χ0) is 17.1. The van der Waals surface area contributed by atoms with Crippen molar-refractivity contribution in [2.24, 2.45) is 5.92 Å². The van der Waals surface area contributed by atoms with Crippen molar-refractivity contribution in [2.45, 2.75) is 26.4 Å². The number of carbonyl (C=O) groups is 2. The zero-order valence-corrected chi connectivity index (χ0v) is 15.0. The number of nitrogens with one attached hydrogen (secondary N) is 1. The molecule has 2 amide bonds. The molecule has 1 aliphatic carbocycles. The minimum absolute atomic E-state index is 0.00341. The van der Waals surface area contributed by atoms with E-state index in [1.54, 1.807) is 6.07 Å². The molecular weight excluding hydrogens is 324 g/mol. The van der Waals surface area contributed by atoms with Gasteiger partial charge in [-0.3, -0.25) is 9.59 Å². The zero-order valence-electron chi connectivity index (χ0n) is 14.2. The van der Waals surface area contributed by atoms with Gasteiger partial charge in [0.05, 0.1) is 12.0 Å². The summed E-state index contributed by atoms with van der Waals surface area (Å²) >= 11 is 1.88. The molecule has 5 nitrogen and oxygen atoms in total. The van der Waals surface area contributed by atoms with Crippen molar-refractivity contribution in [1.82, 2.24) is 4.90 Å². The average Bonchev–Trinajstić information content (AvgIpc) is 3.36. The van der Waals surface area contributed by atoms with Crippen LogP contribution in [0, 0.1) is 12.8 Å². The normalized spacial score (nSPS) is 23.0. The maximum Gasteiger partial charge on any atom is 0.253 e. The Morgan fingerprint density at radius 3 is 2.75 bits per heavy atom. The molecule has 2 atom stereocenters. The van der Waals surface area contributed by atoms with Crippen LogP contribution in [0.2, 0.25) is 0 Å². The molecule has 1 aromatic carbocycles. The van der Waals surface area contributed by atoms with Gasteiger partial charge >= 0.3 is 0 Å². The van der Waals surface area contributed by atoms with E-state index in [9.17, 15) is 9.59 Å². The summed E-state index contributed by atoms with van der Waals surface area (Å²) in [5, 5.41) is 2.96. The van der Waals surface area contributed by atoms with E-state index in [-0.39, 0.29) is 23.8 Å². The highest BCUT2D eigenvalue weighted by Gasteiger charge is 2.44. The first-order chi connectivity index (χ1) is 11.6. The first kappa shape index (κ1) is 17.3. The molecule has 3 rings (SSSR count). The van der Waals surface area contributed by atoms with Crippen molar-refractivity contribution in [3.8, 4) is 0 Å². The van der Waals surface area contributed by atoms with Crippen molar-refractivity contribution in [1.29, 1.82) is 0 Å². The third-order valence-corrected chi connectivity index (χ3v) is 5.42. The molecule has 1 aliphatic heterocycles. The van der Waals surface area contributed by atoms with Gasteiger partial charge in [-0.1, -0.05) is 0 Å². The van der Waals surface area contributed by atoms with Crippen LogP contribution in [0.15, 0.2) is 18.2 Å². The first-order valence-corrected chi connectivity index (χ1v) is 9.65. The van der Waals surface area contributed by atoms with E-state index in [1.165, 1.54) is 0 Å². The van der Waals surface area contributed by atoms with Gasteiger partial charge < -0.3 is 15.0 Å². The van der Waals surface area contributed by atoms with E-state index < -0.39 is 0 Å². The number of benzene rings is 1. The number of amides is 2. The number of nitrogens with zero attached hydrogens (tertiary/aromatic N) is 1. The number of carbonyl (C=O) groups excluding carboxylic acids is 2. The predicted molar refractivity (Wildman–Crippen MR) is 96.6 cm³/mol. The Balaban J connectivity index is 1.62. The van der Waals surface area contributed by atoms with Crippen LogP contribution in [-0.4, -0.2) is 54.0 Å². The minimum Gasteiger partial charge on any atom is -0.378 e. The number of rotatable bonds is 5. The second-order valence-corrected chi connectivity index (χ2v) is 7.48. The van der Waals surface area contributed by atoms with Crippen molar-refractivity contribution >= 4 is 29.3 Å². The van der Waals surface area contributed by atoms with Gasteiger partial charge in [-0.15, -0.1) is 0 Å². The maximum atomic E-state index is 12.5. The summed E-state index contributed by atoms with van der Waals surface area (Å²) in [6, 6.07) is 5.50. The van der Waals surface area contributed by atoms with Crippen LogP contribution in [0.5, 0.6) is 0 Å². The maximum absolute atomic E-state index is 12.5. The Labute approximate surface area is 147 Å². The summed E-state index contributed by atoms with van der Waals surface area (Å²) < 4.78 is 5.46. The van der Waals surface area contributed by atoms with Crippen LogP contribution >= 0.6 is 11.8 Å². The van der Waals surface area contributed by atoms with Crippen molar-refractivity contribution < 1.29 is 14.3 Å². The summed E-state index contributed by atoms with van der Waals surface area (Å²) in [7, 11) is 0. The minimum atomic E-state index is -0.0449. The van der Waals surface area contributed by atoms with Crippen LogP contribution in [0.25, 0.3) is 0 Å². The van der Waals surface area contributed by atoms with Gasteiger partial charge in [-0.2, -0.15) is 11.8 Å². The molecule has 0 radical (unpaired) electrons. The van der Waals surface area contributed by atoms with Crippen LogP contribution in [0.4, 0.5) is 5.69 Å². The molecule has 1 heterocycles. The molecule has 0 aromatic heterocycles. The lowest BCUT2D eigenvalue weighted by Gasteiger charge is -2.26. The van der Waals surface area contributed by atoms with E-state index in [4.69, 9.17) is 4.74 Å². The van der Waals surface area contributed by atoms with E-state index in [0.29, 0.717) is 12.2 Å². The van der Waals surface area contributed by atoms with Gasteiger partial charge in [0.25, 0.3) is 5.91 Å². The Morgan fingerprint density at radius 1 is 1.33 bits per heavy atom. The van der Waals surface area contributed by atoms with Crippen molar-refractivity contribution in [2.75, 3.05) is 36.5 Å². The molecule has 1 aromatic rings. The molecule has 1 saturated carbocycles. The molecule has 130 valence electrons. The molecule has 0 unspecified atom stereocenters. The van der Waals surface area contributed by atoms with Gasteiger partial charge in [-0.25, -0.2) is 0 Å². The second kappa shape index (κ2) is 7.57. The number of thioether (sulfide) groups is 1. The highest BCUT2D eigenvalue weighted by Crippen LogP contribution is 2.35. The van der Waals surface area contributed by atoms with Gasteiger partial charge in [-0.05, 0) is 44.0 Å². The van der Waals surface area contributed by atoms with Crippen LogP contribution < -0.4 is 5.32 Å². The molecule has 6 heteroatoms. The largest absolute Gasteiger partial charge is 0.378 e. The summed E-state index contributed by atoms with van der Waals surface area (Å²) in [6.45, 7) is 6.11. The highest BCUT2D eigenvalue weighted by atomic mass is 32.2. The fraction of sp³-hybridized carbons (Fsp3) is 0.556. The van der Waals surface area contributed by atoms with Gasteiger partial charge in [0.1, 0.15) is 0 Å². The van der Waals surface area contributed by atoms with E-state index >= 15 is 0 Å². The predicted octanol–water partition coefficient (Wildman–Crippen LogP) is 2.55. The Kier molecular flexibility index (Phi) is 5.46. The fourth-order valence-corrected chi connectivity index (χ4v) is 3.86.